The van der Waals surface area contributed by atoms with Crippen molar-refractivity contribution in [3.8, 4) is 11.5 Å². The van der Waals surface area contributed by atoms with E-state index in [0.717, 1.165) is 44.6 Å². The van der Waals surface area contributed by atoms with Gasteiger partial charge in [0, 0.05) is 12.1 Å². The summed E-state index contributed by atoms with van der Waals surface area (Å²) in [5.41, 5.74) is -0.790. The molecule has 0 atom stereocenters. The van der Waals surface area contributed by atoms with Crippen LogP contribution in [-0.4, -0.2) is 43.7 Å². The molecule has 1 saturated carbocycles. The minimum Gasteiger partial charge on any atom is -0.493 e. The number of nitro groups is 1. The number of amides is 1. The summed E-state index contributed by atoms with van der Waals surface area (Å²) in [6.07, 6.45) is 6.24. The lowest BCUT2D eigenvalue weighted by Crippen LogP contribution is -2.37. The van der Waals surface area contributed by atoms with Gasteiger partial charge in [0.2, 0.25) is 0 Å². The number of nitrogens with zero attached hydrogens (tertiary/aromatic N) is 1. The number of nitrogens with one attached hydrogen (secondary N) is 1. The van der Waals surface area contributed by atoms with Crippen LogP contribution >= 0.6 is 0 Å². The molecule has 0 unspecified atom stereocenters. The van der Waals surface area contributed by atoms with E-state index in [9.17, 15) is 19.7 Å². The first kappa shape index (κ1) is 20.5. The van der Waals surface area contributed by atoms with Gasteiger partial charge in [-0.3, -0.25) is 14.9 Å². The first-order valence-corrected chi connectivity index (χ1v) is 8.83. The number of carbonyl (C=O) groups is 2. The van der Waals surface area contributed by atoms with Crippen LogP contribution in [-0.2, 0) is 9.53 Å². The molecule has 1 aromatic carbocycles. The Balaban J connectivity index is 2.04. The molecule has 1 N–H and O–H groups in total. The fraction of sp³-hybridized carbons (Fsp3) is 0.556. The summed E-state index contributed by atoms with van der Waals surface area (Å²) in [6, 6.07) is 2.33. The van der Waals surface area contributed by atoms with Crippen molar-refractivity contribution in [2.24, 2.45) is 0 Å². The highest BCUT2D eigenvalue weighted by molar-refractivity contribution is 5.96. The molecule has 1 aliphatic carbocycles. The van der Waals surface area contributed by atoms with E-state index < -0.39 is 29.1 Å². The van der Waals surface area contributed by atoms with Crippen molar-refractivity contribution in [3.63, 3.8) is 0 Å². The molecule has 0 saturated heterocycles. The van der Waals surface area contributed by atoms with Crippen molar-refractivity contribution in [1.29, 1.82) is 0 Å². The van der Waals surface area contributed by atoms with Crippen LogP contribution in [0.5, 0.6) is 11.5 Å². The molecule has 1 fully saturated rings. The average molecular weight is 380 g/mol. The van der Waals surface area contributed by atoms with Gasteiger partial charge >= 0.3 is 5.97 Å². The summed E-state index contributed by atoms with van der Waals surface area (Å²) in [4.78, 5) is 34.9. The van der Waals surface area contributed by atoms with E-state index in [1.54, 1.807) is 0 Å². The molecule has 1 aliphatic rings. The number of ether oxygens (including phenoxy) is 3. The van der Waals surface area contributed by atoms with Crippen molar-refractivity contribution < 1.29 is 28.7 Å². The van der Waals surface area contributed by atoms with Gasteiger partial charge in [-0.15, -0.1) is 0 Å². The Hall–Kier alpha value is -2.84. The van der Waals surface area contributed by atoms with Gasteiger partial charge in [0.15, 0.2) is 18.1 Å². The summed E-state index contributed by atoms with van der Waals surface area (Å²) >= 11 is 0. The maximum absolute atomic E-state index is 12.3. The van der Waals surface area contributed by atoms with Crippen LogP contribution in [0.3, 0.4) is 0 Å². The van der Waals surface area contributed by atoms with E-state index in [0.29, 0.717) is 0 Å². The topological polar surface area (TPSA) is 117 Å². The van der Waals surface area contributed by atoms with Crippen LogP contribution in [0.15, 0.2) is 12.1 Å². The van der Waals surface area contributed by atoms with Crippen LogP contribution in [0.1, 0.15) is 48.9 Å². The molecular formula is C18H24N2O7. The molecule has 0 aromatic heterocycles. The fourth-order valence-electron chi connectivity index (χ4n) is 3.08. The van der Waals surface area contributed by atoms with Crippen LogP contribution in [0.25, 0.3) is 0 Å². The maximum atomic E-state index is 12.3. The third-order valence-electron chi connectivity index (χ3n) is 4.47. The van der Waals surface area contributed by atoms with Gasteiger partial charge in [-0.05, 0) is 12.8 Å². The van der Waals surface area contributed by atoms with Gasteiger partial charge in [0.1, 0.15) is 5.56 Å². The minimum atomic E-state index is -0.973. The summed E-state index contributed by atoms with van der Waals surface area (Å²) in [6.45, 7) is -0.499. The number of nitro benzene ring substituents is 1. The minimum absolute atomic E-state index is 0.0779. The summed E-state index contributed by atoms with van der Waals surface area (Å²) in [7, 11) is 2.68. The highest BCUT2D eigenvalue weighted by Gasteiger charge is 2.26. The maximum Gasteiger partial charge on any atom is 0.345 e. The number of methoxy groups -OCH3 is 2. The number of esters is 1. The fourth-order valence-corrected chi connectivity index (χ4v) is 3.08. The molecular weight excluding hydrogens is 356 g/mol. The first-order chi connectivity index (χ1) is 13.0. The Kier molecular flexibility index (Phi) is 7.39. The van der Waals surface area contributed by atoms with E-state index in [2.05, 4.69) is 5.32 Å². The molecule has 148 valence electrons. The van der Waals surface area contributed by atoms with Gasteiger partial charge < -0.3 is 19.5 Å². The van der Waals surface area contributed by atoms with Gasteiger partial charge in [0.05, 0.1) is 25.2 Å². The lowest BCUT2D eigenvalue weighted by molar-refractivity contribution is -0.385. The van der Waals surface area contributed by atoms with Gasteiger partial charge in [-0.25, -0.2) is 4.79 Å². The molecule has 9 heteroatoms. The normalized spacial score (nSPS) is 14.7. The van der Waals surface area contributed by atoms with Crippen molar-refractivity contribution in [3.05, 3.63) is 27.8 Å². The van der Waals surface area contributed by atoms with E-state index in [1.807, 2.05) is 0 Å². The SMILES string of the molecule is COc1cc(C(=O)OCC(=O)NC2CCCCCC2)c([N+](=O)[O-])cc1OC. The third-order valence-corrected chi connectivity index (χ3v) is 4.47. The van der Waals surface area contributed by atoms with Crippen molar-refractivity contribution >= 4 is 17.6 Å². The van der Waals surface area contributed by atoms with Gasteiger partial charge in [-0.2, -0.15) is 0 Å². The zero-order chi connectivity index (χ0) is 19.8. The Morgan fingerprint density at radius 3 is 2.26 bits per heavy atom. The van der Waals surface area contributed by atoms with Crippen LogP contribution in [0, 0.1) is 10.1 Å². The Bertz CT molecular complexity index is 697. The monoisotopic (exact) mass is 380 g/mol. The summed E-state index contributed by atoms with van der Waals surface area (Å²) in [5, 5.41) is 14.1. The van der Waals surface area contributed by atoms with Crippen LogP contribution in [0.2, 0.25) is 0 Å². The summed E-state index contributed by atoms with van der Waals surface area (Å²) < 4.78 is 15.0. The molecule has 0 radical (unpaired) electrons. The molecule has 1 amide bonds. The predicted molar refractivity (Wildman–Crippen MR) is 96.1 cm³/mol. The standard InChI is InChI=1S/C18H24N2O7/c1-25-15-9-13(14(20(23)24)10-16(15)26-2)18(22)27-11-17(21)19-12-7-5-3-4-6-8-12/h9-10,12H,3-8,11H2,1-2H3,(H,19,21). The lowest BCUT2D eigenvalue weighted by Gasteiger charge is -2.16. The van der Waals surface area contributed by atoms with Gasteiger partial charge in [-0.1, -0.05) is 25.7 Å². The summed E-state index contributed by atoms with van der Waals surface area (Å²) in [5.74, 6) is -1.12. The van der Waals surface area contributed by atoms with Crippen LogP contribution in [0.4, 0.5) is 5.69 Å². The second kappa shape index (κ2) is 9.75. The zero-order valence-electron chi connectivity index (χ0n) is 15.5. The molecule has 27 heavy (non-hydrogen) atoms. The number of rotatable bonds is 7. The van der Waals surface area contributed by atoms with E-state index in [4.69, 9.17) is 14.2 Å². The average Bonchev–Trinajstić information content (AvgIpc) is 2.93. The van der Waals surface area contributed by atoms with E-state index in [-0.39, 0.29) is 23.1 Å². The molecule has 0 aliphatic heterocycles. The lowest BCUT2D eigenvalue weighted by atomic mass is 10.1. The molecule has 1 aromatic rings. The van der Waals surface area contributed by atoms with E-state index in [1.165, 1.54) is 20.3 Å². The Morgan fingerprint density at radius 2 is 1.70 bits per heavy atom. The highest BCUT2D eigenvalue weighted by atomic mass is 16.6. The number of carbonyl (C=O) groups excluding carboxylic acids is 2. The predicted octanol–water partition coefficient (Wildman–Crippen LogP) is 2.61. The van der Waals surface area contributed by atoms with Crippen molar-refractivity contribution in [1.82, 2.24) is 5.32 Å². The zero-order valence-corrected chi connectivity index (χ0v) is 15.5. The highest BCUT2D eigenvalue weighted by Crippen LogP contribution is 2.34. The van der Waals surface area contributed by atoms with Gasteiger partial charge in [0.25, 0.3) is 11.6 Å². The molecule has 9 nitrogen and oxygen atoms in total. The second-order valence-electron chi connectivity index (χ2n) is 6.31. The number of hydrogen-bond donors (Lipinski definition) is 1. The largest absolute Gasteiger partial charge is 0.493 e. The number of hydrogen-bond acceptors (Lipinski definition) is 7. The van der Waals surface area contributed by atoms with Crippen LogP contribution < -0.4 is 14.8 Å². The molecule has 0 spiro atoms. The van der Waals surface area contributed by atoms with Crippen molar-refractivity contribution in [2.45, 2.75) is 44.6 Å². The van der Waals surface area contributed by atoms with Crippen molar-refractivity contribution in [2.75, 3.05) is 20.8 Å². The Labute approximate surface area is 157 Å². The quantitative estimate of drug-likeness (QED) is 0.334. The third kappa shape index (κ3) is 5.57. The van der Waals surface area contributed by atoms with E-state index >= 15 is 0 Å². The smallest absolute Gasteiger partial charge is 0.345 e. The molecule has 0 heterocycles. The molecule has 0 bridgehead atoms. The first-order valence-electron chi connectivity index (χ1n) is 8.83. The number of benzene rings is 1. The Morgan fingerprint density at radius 1 is 1.11 bits per heavy atom. The molecule has 2 rings (SSSR count). The second-order valence-corrected chi connectivity index (χ2v) is 6.31.